The molecule has 2 heterocycles. The molecule has 0 spiro atoms. The molecule has 0 aliphatic carbocycles. The second-order valence-electron chi connectivity index (χ2n) is 7.83. The third-order valence-corrected chi connectivity index (χ3v) is 5.85. The van der Waals surface area contributed by atoms with Gasteiger partial charge in [-0.15, -0.1) is 0 Å². The van der Waals surface area contributed by atoms with Crippen LogP contribution in [0.4, 0.5) is 5.69 Å². The average molecular weight is 391 g/mol. The molecule has 2 aromatic carbocycles. The maximum Gasteiger partial charge on any atom is 0.336 e. The molecule has 1 aromatic heterocycles. The van der Waals surface area contributed by atoms with Gasteiger partial charge in [-0.1, -0.05) is 37.3 Å². The van der Waals surface area contributed by atoms with E-state index in [0.29, 0.717) is 5.58 Å². The molecule has 0 saturated carbocycles. The largest absolute Gasteiger partial charge is 0.423 e. The molecular weight excluding hydrogens is 364 g/mol. The number of benzene rings is 2. The monoisotopic (exact) mass is 391 g/mol. The van der Waals surface area contributed by atoms with Crippen LogP contribution in [-0.4, -0.2) is 19.0 Å². The minimum absolute atomic E-state index is 0.0451. The van der Waals surface area contributed by atoms with Crippen molar-refractivity contribution in [3.63, 3.8) is 0 Å². The number of amides is 1. The first-order chi connectivity index (χ1) is 14.1. The minimum Gasteiger partial charge on any atom is -0.423 e. The van der Waals surface area contributed by atoms with E-state index in [4.69, 9.17) is 4.42 Å². The zero-order valence-electron chi connectivity index (χ0n) is 16.7. The van der Waals surface area contributed by atoms with Gasteiger partial charge in [-0.2, -0.15) is 0 Å². The van der Waals surface area contributed by atoms with Crippen LogP contribution in [0.2, 0.25) is 0 Å². The van der Waals surface area contributed by atoms with Crippen molar-refractivity contribution in [1.29, 1.82) is 0 Å². The molecule has 1 aliphatic rings. The van der Waals surface area contributed by atoms with Crippen molar-refractivity contribution in [2.75, 3.05) is 18.4 Å². The van der Waals surface area contributed by atoms with Crippen LogP contribution in [0.15, 0.2) is 63.8 Å². The summed E-state index contributed by atoms with van der Waals surface area (Å²) in [5.74, 6) is 0.150. The third-order valence-electron chi connectivity index (χ3n) is 5.85. The predicted molar refractivity (Wildman–Crippen MR) is 114 cm³/mol. The lowest BCUT2D eigenvalue weighted by atomic mass is 9.95. The van der Waals surface area contributed by atoms with Gasteiger partial charge in [0, 0.05) is 41.5 Å². The summed E-state index contributed by atoms with van der Waals surface area (Å²) in [6, 6.07) is 17.4. The highest BCUT2D eigenvalue weighted by Crippen LogP contribution is 2.19. The predicted octanol–water partition coefficient (Wildman–Crippen LogP) is 2.79. The van der Waals surface area contributed by atoms with Crippen LogP contribution in [0.3, 0.4) is 0 Å². The summed E-state index contributed by atoms with van der Waals surface area (Å²) >= 11 is 0. The number of anilines is 1. The number of para-hydroxylation sites is 1. The lowest BCUT2D eigenvalue weighted by molar-refractivity contribution is -0.919. The molecule has 0 bridgehead atoms. The van der Waals surface area contributed by atoms with E-state index in [1.165, 1.54) is 4.90 Å². The van der Waals surface area contributed by atoms with Gasteiger partial charge in [0.1, 0.15) is 12.1 Å². The van der Waals surface area contributed by atoms with Crippen molar-refractivity contribution in [3.8, 4) is 0 Å². The molecule has 1 saturated heterocycles. The third kappa shape index (κ3) is 4.57. The molecule has 5 nitrogen and oxygen atoms in total. The summed E-state index contributed by atoms with van der Waals surface area (Å²) in [5.41, 5.74) is 3.42. The van der Waals surface area contributed by atoms with Crippen LogP contribution in [0.5, 0.6) is 0 Å². The van der Waals surface area contributed by atoms with Crippen LogP contribution in [0.1, 0.15) is 30.9 Å². The average Bonchev–Trinajstić information content (AvgIpc) is 2.74. The van der Waals surface area contributed by atoms with Gasteiger partial charge < -0.3 is 14.6 Å². The standard InChI is InChI=1S/C24H26N2O3/c1-2-17-8-9-21-19(15-23(27)29-22(21)14-17)16-26-12-10-18(11-13-26)24(28)25-20-6-4-3-5-7-20/h3-9,14-15,18H,2,10-13,16H2,1H3,(H,25,28)/p+1. The Labute approximate surface area is 170 Å². The van der Waals surface area contributed by atoms with Gasteiger partial charge in [-0.05, 0) is 30.2 Å². The van der Waals surface area contributed by atoms with Gasteiger partial charge in [0.15, 0.2) is 0 Å². The molecule has 0 unspecified atom stereocenters. The van der Waals surface area contributed by atoms with Gasteiger partial charge in [-0.25, -0.2) is 4.79 Å². The van der Waals surface area contributed by atoms with E-state index in [-0.39, 0.29) is 17.5 Å². The molecule has 29 heavy (non-hydrogen) atoms. The Bertz CT molecular complexity index is 1050. The summed E-state index contributed by atoms with van der Waals surface area (Å²) in [4.78, 5) is 26.0. The Kier molecular flexibility index (Phi) is 5.76. The van der Waals surface area contributed by atoms with E-state index in [9.17, 15) is 9.59 Å². The molecule has 1 amide bonds. The smallest absolute Gasteiger partial charge is 0.336 e. The van der Waals surface area contributed by atoms with Gasteiger partial charge in [0.05, 0.1) is 13.1 Å². The van der Waals surface area contributed by atoms with Crippen LogP contribution in [0.25, 0.3) is 11.0 Å². The van der Waals surface area contributed by atoms with E-state index in [0.717, 1.165) is 61.1 Å². The van der Waals surface area contributed by atoms with Gasteiger partial charge in [0.2, 0.25) is 5.91 Å². The van der Waals surface area contributed by atoms with Crippen molar-refractivity contribution in [2.45, 2.75) is 32.7 Å². The number of likely N-dealkylation sites (tertiary alicyclic amines) is 1. The van der Waals surface area contributed by atoms with Crippen molar-refractivity contribution in [1.82, 2.24) is 0 Å². The molecule has 1 aliphatic heterocycles. The number of hydrogen-bond acceptors (Lipinski definition) is 3. The number of carbonyl (C=O) groups excluding carboxylic acids is 1. The summed E-state index contributed by atoms with van der Waals surface area (Å²) < 4.78 is 5.42. The fourth-order valence-electron chi connectivity index (χ4n) is 4.14. The second kappa shape index (κ2) is 8.62. The van der Waals surface area contributed by atoms with Crippen LogP contribution < -0.4 is 15.8 Å². The van der Waals surface area contributed by atoms with E-state index >= 15 is 0 Å². The maximum atomic E-state index is 12.5. The quantitative estimate of drug-likeness (QED) is 0.658. The van der Waals surface area contributed by atoms with Crippen molar-refractivity contribution in [3.05, 3.63) is 76.1 Å². The van der Waals surface area contributed by atoms with Crippen molar-refractivity contribution < 1.29 is 14.1 Å². The number of nitrogens with one attached hydrogen (secondary N) is 2. The molecular formula is C24H27N2O3+. The summed E-state index contributed by atoms with van der Waals surface area (Å²) in [5, 5.41) is 4.03. The number of rotatable bonds is 5. The number of carbonyl (C=O) groups is 1. The van der Waals surface area contributed by atoms with E-state index in [1.54, 1.807) is 6.07 Å². The summed E-state index contributed by atoms with van der Waals surface area (Å²) in [6.45, 7) is 4.70. The molecule has 2 N–H and O–H groups in total. The van der Waals surface area contributed by atoms with E-state index in [2.05, 4.69) is 24.4 Å². The SMILES string of the molecule is CCc1ccc2c(C[NH+]3CCC(C(=O)Nc4ccccc4)CC3)cc(=O)oc2c1. The molecule has 150 valence electrons. The molecule has 3 aromatic rings. The number of aryl methyl sites for hydroxylation is 1. The van der Waals surface area contributed by atoms with Gasteiger partial charge in [-0.3, -0.25) is 4.79 Å². The summed E-state index contributed by atoms with van der Waals surface area (Å²) in [7, 11) is 0. The number of hydrogen-bond donors (Lipinski definition) is 2. The highest BCUT2D eigenvalue weighted by Gasteiger charge is 2.28. The Hall–Kier alpha value is -2.92. The first-order valence-corrected chi connectivity index (χ1v) is 10.4. The molecule has 1 fully saturated rings. The minimum atomic E-state index is -0.294. The molecule has 5 heteroatoms. The highest BCUT2D eigenvalue weighted by atomic mass is 16.4. The van der Waals surface area contributed by atoms with Crippen LogP contribution in [-0.2, 0) is 17.8 Å². The number of quaternary nitrogens is 1. The normalized spacial score (nSPS) is 19.2. The van der Waals surface area contributed by atoms with Gasteiger partial charge >= 0.3 is 5.63 Å². The highest BCUT2D eigenvalue weighted by molar-refractivity contribution is 5.92. The van der Waals surface area contributed by atoms with Crippen molar-refractivity contribution >= 4 is 22.6 Å². The zero-order chi connectivity index (χ0) is 20.2. The fraction of sp³-hybridized carbons (Fsp3) is 0.333. The number of fused-ring (bicyclic) bond motifs is 1. The molecule has 0 radical (unpaired) electrons. The zero-order valence-corrected chi connectivity index (χ0v) is 16.7. The Morgan fingerprint density at radius 2 is 1.86 bits per heavy atom. The molecule has 4 rings (SSSR count). The summed E-state index contributed by atoms with van der Waals surface area (Å²) in [6.07, 6.45) is 2.62. The van der Waals surface area contributed by atoms with Crippen LogP contribution in [0, 0.1) is 5.92 Å². The van der Waals surface area contributed by atoms with Crippen molar-refractivity contribution in [2.24, 2.45) is 5.92 Å². The van der Waals surface area contributed by atoms with E-state index in [1.807, 2.05) is 36.4 Å². The van der Waals surface area contributed by atoms with Crippen LogP contribution >= 0.6 is 0 Å². The van der Waals surface area contributed by atoms with Gasteiger partial charge in [0.25, 0.3) is 0 Å². The Balaban J connectivity index is 1.41. The number of piperidine rings is 1. The lowest BCUT2D eigenvalue weighted by Gasteiger charge is -2.28. The first-order valence-electron chi connectivity index (χ1n) is 10.4. The Morgan fingerprint density at radius 3 is 2.59 bits per heavy atom. The molecule has 0 atom stereocenters. The first kappa shape index (κ1) is 19.4. The Morgan fingerprint density at radius 1 is 1.10 bits per heavy atom. The maximum absolute atomic E-state index is 12.5. The lowest BCUT2D eigenvalue weighted by Crippen LogP contribution is -3.11. The fourth-order valence-corrected chi connectivity index (χ4v) is 4.14. The second-order valence-corrected chi connectivity index (χ2v) is 7.83. The topological polar surface area (TPSA) is 63.8 Å². The van der Waals surface area contributed by atoms with E-state index < -0.39 is 0 Å².